The van der Waals surface area contributed by atoms with Crippen molar-refractivity contribution >= 4 is 11.9 Å². The first-order chi connectivity index (χ1) is 8.46. The Kier molecular flexibility index (Phi) is 8.32. The maximum Gasteiger partial charge on any atom is 0.328 e. The van der Waals surface area contributed by atoms with Gasteiger partial charge >= 0.3 is 5.97 Å². The number of esters is 1. The molecule has 0 saturated heterocycles. The minimum absolute atomic E-state index is 0.00439. The van der Waals surface area contributed by atoms with E-state index in [4.69, 9.17) is 5.11 Å². The molecule has 0 aliphatic heterocycles. The highest BCUT2D eigenvalue weighted by Crippen LogP contribution is 2.09. The van der Waals surface area contributed by atoms with Gasteiger partial charge in [0.1, 0.15) is 6.04 Å². The maximum absolute atomic E-state index is 11.7. The van der Waals surface area contributed by atoms with Gasteiger partial charge in [-0.05, 0) is 13.0 Å². The first kappa shape index (κ1) is 16.9. The summed E-state index contributed by atoms with van der Waals surface area (Å²) in [6.45, 7) is 4.39. The molecule has 2 atom stereocenters. The van der Waals surface area contributed by atoms with E-state index in [0.29, 0.717) is 6.54 Å². The molecule has 0 fully saturated rings. The van der Waals surface area contributed by atoms with Gasteiger partial charge in [0.2, 0.25) is 5.91 Å². The molecule has 6 heteroatoms. The quantitative estimate of drug-likeness (QED) is 0.581. The lowest BCUT2D eigenvalue weighted by atomic mass is 9.99. The number of carbonyl (C=O) groups excluding carboxylic acids is 2. The summed E-state index contributed by atoms with van der Waals surface area (Å²) in [7, 11) is 3.04. The third-order valence-corrected chi connectivity index (χ3v) is 2.88. The summed E-state index contributed by atoms with van der Waals surface area (Å²) in [6.07, 6.45) is 0.770. The number of carbonyl (C=O) groups is 2. The summed E-state index contributed by atoms with van der Waals surface area (Å²) in [6, 6.07) is -0.616. The first-order valence-corrected chi connectivity index (χ1v) is 6.12. The van der Waals surface area contributed by atoms with Crippen LogP contribution in [0.1, 0.15) is 20.3 Å². The molecular formula is C12H24N2O4. The fourth-order valence-electron chi connectivity index (χ4n) is 1.51. The molecule has 0 aliphatic rings. The van der Waals surface area contributed by atoms with Crippen LogP contribution >= 0.6 is 0 Å². The predicted octanol–water partition coefficient (Wildman–Crippen LogP) is -0.386. The molecular weight excluding hydrogens is 236 g/mol. The third-order valence-electron chi connectivity index (χ3n) is 2.88. The second-order valence-electron chi connectivity index (χ2n) is 4.42. The number of methoxy groups -OCH3 is 1. The molecule has 0 rings (SSSR count). The highest BCUT2D eigenvalue weighted by atomic mass is 16.5. The van der Waals surface area contributed by atoms with E-state index < -0.39 is 12.0 Å². The molecule has 0 radical (unpaired) electrons. The average molecular weight is 260 g/mol. The zero-order valence-corrected chi connectivity index (χ0v) is 11.6. The molecule has 0 bridgehead atoms. The lowest BCUT2D eigenvalue weighted by Gasteiger charge is -2.23. The lowest BCUT2D eigenvalue weighted by molar-refractivity contribution is -0.146. The van der Waals surface area contributed by atoms with Gasteiger partial charge in [0.25, 0.3) is 0 Å². The fourth-order valence-corrected chi connectivity index (χ4v) is 1.51. The van der Waals surface area contributed by atoms with E-state index in [-0.39, 0.29) is 25.0 Å². The largest absolute Gasteiger partial charge is 0.467 e. The van der Waals surface area contributed by atoms with Gasteiger partial charge in [0.05, 0.1) is 20.3 Å². The van der Waals surface area contributed by atoms with Crippen LogP contribution in [0.4, 0.5) is 0 Å². The van der Waals surface area contributed by atoms with E-state index in [1.54, 1.807) is 11.9 Å². The molecule has 1 amide bonds. The molecule has 0 aliphatic carbocycles. The van der Waals surface area contributed by atoms with E-state index in [1.807, 2.05) is 13.8 Å². The van der Waals surface area contributed by atoms with Gasteiger partial charge in [-0.3, -0.25) is 9.69 Å². The Balaban J connectivity index is 4.40. The van der Waals surface area contributed by atoms with Gasteiger partial charge in [-0.25, -0.2) is 4.79 Å². The monoisotopic (exact) mass is 260 g/mol. The van der Waals surface area contributed by atoms with Crippen molar-refractivity contribution < 1.29 is 19.4 Å². The number of aliphatic hydroxyl groups is 1. The van der Waals surface area contributed by atoms with E-state index in [1.165, 1.54) is 7.11 Å². The van der Waals surface area contributed by atoms with Crippen LogP contribution < -0.4 is 5.32 Å². The third kappa shape index (κ3) is 5.97. The van der Waals surface area contributed by atoms with Crippen molar-refractivity contribution in [2.24, 2.45) is 5.92 Å². The highest BCUT2D eigenvalue weighted by Gasteiger charge is 2.26. The van der Waals surface area contributed by atoms with Crippen molar-refractivity contribution in [3.8, 4) is 0 Å². The highest BCUT2D eigenvalue weighted by molar-refractivity contribution is 5.85. The number of ether oxygens (including phenoxy) is 1. The number of hydrogen-bond acceptors (Lipinski definition) is 5. The summed E-state index contributed by atoms with van der Waals surface area (Å²) in [5.41, 5.74) is 0. The first-order valence-electron chi connectivity index (χ1n) is 6.12. The van der Waals surface area contributed by atoms with Crippen molar-refractivity contribution in [3.63, 3.8) is 0 Å². The Hall–Kier alpha value is -1.14. The predicted molar refractivity (Wildman–Crippen MR) is 68.0 cm³/mol. The fraction of sp³-hybridized carbons (Fsp3) is 0.833. The number of nitrogens with zero attached hydrogens (tertiary/aromatic N) is 1. The molecule has 0 heterocycles. The number of amides is 1. The topological polar surface area (TPSA) is 78.9 Å². The van der Waals surface area contributed by atoms with Crippen LogP contribution in [-0.4, -0.2) is 61.8 Å². The van der Waals surface area contributed by atoms with E-state index in [9.17, 15) is 9.59 Å². The Bertz CT molecular complexity index is 271. The van der Waals surface area contributed by atoms with Crippen molar-refractivity contribution in [3.05, 3.63) is 0 Å². The van der Waals surface area contributed by atoms with Crippen LogP contribution in [0.3, 0.4) is 0 Å². The lowest BCUT2D eigenvalue weighted by Crippen LogP contribution is -2.48. The second kappa shape index (κ2) is 8.88. The van der Waals surface area contributed by atoms with E-state index >= 15 is 0 Å². The van der Waals surface area contributed by atoms with Crippen LogP contribution in [0.5, 0.6) is 0 Å². The summed E-state index contributed by atoms with van der Waals surface area (Å²) in [5.74, 6) is -0.659. The van der Waals surface area contributed by atoms with Crippen LogP contribution in [0.2, 0.25) is 0 Å². The molecule has 0 aromatic rings. The summed E-state index contributed by atoms with van der Waals surface area (Å²) < 4.78 is 4.68. The van der Waals surface area contributed by atoms with Crippen molar-refractivity contribution in [2.75, 3.05) is 33.9 Å². The van der Waals surface area contributed by atoms with Gasteiger partial charge < -0.3 is 15.2 Å². The zero-order chi connectivity index (χ0) is 14.1. The zero-order valence-electron chi connectivity index (χ0n) is 11.6. The van der Waals surface area contributed by atoms with Crippen LogP contribution in [-0.2, 0) is 14.3 Å². The van der Waals surface area contributed by atoms with Crippen LogP contribution in [0, 0.1) is 5.92 Å². The normalized spacial score (nSPS) is 14.1. The Morgan fingerprint density at radius 1 is 1.44 bits per heavy atom. The van der Waals surface area contributed by atoms with E-state index in [0.717, 1.165) is 6.42 Å². The molecule has 6 nitrogen and oxygen atoms in total. The summed E-state index contributed by atoms with van der Waals surface area (Å²) in [5, 5.41) is 11.4. The van der Waals surface area contributed by atoms with Crippen molar-refractivity contribution in [1.82, 2.24) is 10.2 Å². The van der Waals surface area contributed by atoms with E-state index in [2.05, 4.69) is 10.1 Å². The molecule has 2 unspecified atom stereocenters. The van der Waals surface area contributed by atoms with Gasteiger partial charge in [-0.1, -0.05) is 20.3 Å². The van der Waals surface area contributed by atoms with Crippen molar-refractivity contribution in [2.45, 2.75) is 26.3 Å². The van der Waals surface area contributed by atoms with Crippen molar-refractivity contribution in [1.29, 1.82) is 0 Å². The maximum atomic E-state index is 11.7. The second-order valence-corrected chi connectivity index (χ2v) is 4.42. The summed E-state index contributed by atoms with van der Waals surface area (Å²) in [4.78, 5) is 25.0. The summed E-state index contributed by atoms with van der Waals surface area (Å²) >= 11 is 0. The molecule has 0 spiro atoms. The molecule has 0 aromatic heterocycles. The Morgan fingerprint density at radius 2 is 2.06 bits per heavy atom. The number of likely N-dealkylation sites (N-methyl/N-ethyl adjacent to an activating group) is 1. The van der Waals surface area contributed by atoms with Gasteiger partial charge in [-0.2, -0.15) is 0 Å². The standard InChI is InChI=1S/C12H24N2O4/c1-5-9(2)11(12(17)18-4)13-10(16)8-14(3)6-7-15/h9,11,15H,5-8H2,1-4H3,(H,13,16). The Morgan fingerprint density at radius 3 is 2.50 bits per heavy atom. The SMILES string of the molecule is CCC(C)C(NC(=O)CN(C)CCO)C(=O)OC. The van der Waals surface area contributed by atoms with Crippen LogP contribution in [0.25, 0.3) is 0 Å². The minimum atomic E-state index is -0.616. The molecule has 18 heavy (non-hydrogen) atoms. The molecule has 2 N–H and O–H groups in total. The number of rotatable bonds is 8. The van der Waals surface area contributed by atoms with Gasteiger partial charge in [-0.15, -0.1) is 0 Å². The number of nitrogens with one attached hydrogen (secondary N) is 1. The number of aliphatic hydroxyl groups excluding tert-OH is 1. The van der Waals surface area contributed by atoms with Gasteiger partial charge in [0.15, 0.2) is 0 Å². The Labute approximate surface area is 108 Å². The molecule has 106 valence electrons. The number of hydrogen-bond donors (Lipinski definition) is 2. The average Bonchev–Trinajstić information content (AvgIpc) is 2.34. The molecule has 0 saturated carbocycles. The minimum Gasteiger partial charge on any atom is -0.467 e. The van der Waals surface area contributed by atoms with Crippen LogP contribution in [0.15, 0.2) is 0 Å². The smallest absolute Gasteiger partial charge is 0.328 e. The van der Waals surface area contributed by atoms with Gasteiger partial charge in [0, 0.05) is 6.54 Å². The molecule has 0 aromatic carbocycles.